The minimum Gasteiger partial charge on any atom is -0.340 e. The van der Waals surface area contributed by atoms with Gasteiger partial charge in [0, 0.05) is 43.0 Å². The number of carbonyl (C=O) groups is 2. The number of piperidine rings is 1. The summed E-state index contributed by atoms with van der Waals surface area (Å²) in [5.74, 6) is 0.479. The van der Waals surface area contributed by atoms with Crippen molar-refractivity contribution >= 4 is 11.7 Å². The summed E-state index contributed by atoms with van der Waals surface area (Å²) in [6, 6.07) is 5.40. The van der Waals surface area contributed by atoms with Gasteiger partial charge in [-0.05, 0) is 39.2 Å². The molecular weight excluding hydrogens is 344 g/mol. The zero-order chi connectivity index (χ0) is 19.3. The number of Topliss-reactive ketones (excluding diaryl/α,β-unsaturated/α-hetero) is 1. The Morgan fingerprint density at radius 1 is 1.19 bits per heavy atom. The largest absolute Gasteiger partial charge is 0.340 e. The maximum absolute atomic E-state index is 12.9. The first-order valence-corrected chi connectivity index (χ1v) is 9.37. The van der Waals surface area contributed by atoms with E-state index in [4.69, 9.17) is 0 Å². The standard InChI is InChI=1S/C20H24N4O3/c1-12-20(14(3)25)13(2)24(21-12)11-19(27)22-8-15-7-16(10-22)17-5-4-6-18(26)23(17)9-15/h4-6,15-16H,7-11H2,1-3H3. The summed E-state index contributed by atoms with van der Waals surface area (Å²) in [6.07, 6.45) is 1.02. The Kier molecular flexibility index (Phi) is 4.25. The molecule has 27 heavy (non-hydrogen) atoms. The number of fused-ring (bicyclic) bond motifs is 4. The molecule has 4 heterocycles. The van der Waals surface area contributed by atoms with Crippen LogP contribution in [0.1, 0.15) is 46.7 Å². The van der Waals surface area contributed by atoms with Gasteiger partial charge in [-0.1, -0.05) is 6.07 Å². The van der Waals surface area contributed by atoms with Gasteiger partial charge in [-0.15, -0.1) is 0 Å². The van der Waals surface area contributed by atoms with Crippen molar-refractivity contribution in [3.63, 3.8) is 0 Å². The molecule has 0 spiro atoms. The number of likely N-dealkylation sites (tertiary alicyclic amines) is 1. The molecule has 2 aromatic heterocycles. The second kappa shape index (κ2) is 6.48. The third-order valence-corrected chi connectivity index (χ3v) is 5.85. The van der Waals surface area contributed by atoms with E-state index in [2.05, 4.69) is 5.10 Å². The third-order valence-electron chi connectivity index (χ3n) is 5.85. The number of aromatic nitrogens is 3. The van der Waals surface area contributed by atoms with Crippen molar-refractivity contribution in [3.8, 4) is 0 Å². The van der Waals surface area contributed by atoms with Crippen molar-refractivity contribution in [2.45, 2.75) is 46.2 Å². The van der Waals surface area contributed by atoms with E-state index in [1.807, 2.05) is 22.5 Å². The topological polar surface area (TPSA) is 77.2 Å². The molecule has 2 aromatic rings. The van der Waals surface area contributed by atoms with Crippen LogP contribution in [0.2, 0.25) is 0 Å². The summed E-state index contributed by atoms with van der Waals surface area (Å²) in [4.78, 5) is 38.7. The minimum atomic E-state index is -0.0294. The molecule has 142 valence electrons. The van der Waals surface area contributed by atoms with Gasteiger partial charge < -0.3 is 9.47 Å². The van der Waals surface area contributed by atoms with E-state index in [1.165, 1.54) is 6.92 Å². The summed E-state index contributed by atoms with van der Waals surface area (Å²) < 4.78 is 3.50. The molecule has 0 N–H and O–H groups in total. The Morgan fingerprint density at radius 2 is 1.96 bits per heavy atom. The Bertz CT molecular complexity index is 988. The molecule has 0 aliphatic carbocycles. The van der Waals surface area contributed by atoms with E-state index in [0.29, 0.717) is 36.8 Å². The molecule has 0 radical (unpaired) electrons. The summed E-state index contributed by atoms with van der Waals surface area (Å²) in [5, 5.41) is 4.39. The maximum Gasteiger partial charge on any atom is 0.250 e. The summed E-state index contributed by atoms with van der Waals surface area (Å²) in [6.45, 7) is 7.24. The number of aryl methyl sites for hydroxylation is 1. The smallest absolute Gasteiger partial charge is 0.250 e. The van der Waals surface area contributed by atoms with Crippen LogP contribution in [-0.2, 0) is 17.9 Å². The fraction of sp³-hybridized carbons (Fsp3) is 0.500. The number of hydrogen-bond acceptors (Lipinski definition) is 4. The first kappa shape index (κ1) is 17.7. The van der Waals surface area contributed by atoms with Gasteiger partial charge in [-0.2, -0.15) is 5.10 Å². The van der Waals surface area contributed by atoms with E-state index in [9.17, 15) is 14.4 Å². The Hall–Kier alpha value is -2.70. The van der Waals surface area contributed by atoms with Crippen molar-refractivity contribution in [2.24, 2.45) is 5.92 Å². The van der Waals surface area contributed by atoms with Crippen LogP contribution < -0.4 is 5.56 Å². The van der Waals surface area contributed by atoms with Crippen LogP contribution in [0.5, 0.6) is 0 Å². The zero-order valence-electron chi connectivity index (χ0n) is 15.9. The van der Waals surface area contributed by atoms with E-state index < -0.39 is 0 Å². The highest BCUT2D eigenvalue weighted by Crippen LogP contribution is 2.35. The molecule has 2 unspecified atom stereocenters. The number of ketones is 1. The van der Waals surface area contributed by atoms with Crippen molar-refractivity contribution in [1.82, 2.24) is 19.2 Å². The average molecular weight is 368 g/mol. The van der Waals surface area contributed by atoms with Gasteiger partial charge in [0.15, 0.2) is 5.78 Å². The molecule has 0 aromatic carbocycles. The van der Waals surface area contributed by atoms with Gasteiger partial charge in [0.25, 0.3) is 5.56 Å². The summed E-state index contributed by atoms with van der Waals surface area (Å²) >= 11 is 0. The van der Waals surface area contributed by atoms with Crippen LogP contribution in [0.15, 0.2) is 23.0 Å². The van der Waals surface area contributed by atoms with Gasteiger partial charge in [0.1, 0.15) is 6.54 Å². The number of hydrogen-bond donors (Lipinski definition) is 0. The molecule has 0 saturated carbocycles. The van der Waals surface area contributed by atoms with E-state index >= 15 is 0 Å². The highest BCUT2D eigenvalue weighted by molar-refractivity contribution is 5.96. The van der Waals surface area contributed by atoms with Crippen molar-refractivity contribution in [2.75, 3.05) is 13.1 Å². The lowest BCUT2D eigenvalue weighted by molar-refractivity contribution is -0.134. The van der Waals surface area contributed by atoms with Crippen LogP contribution in [-0.4, -0.2) is 44.0 Å². The third kappa shape index (κ3) is 3.01. The fourth-order valence-electron chi connectivity index (χ4n) is 4.69. The first-order valence-electron chi connectivity index (χ1n) is 9.37. The first-order chi connectivity index (χ1) is 12.8. The van der Waals surface area contributed by atoms with Gasteiger partial charge in [0.2, 0.25) is 5.91 Å². The fourth-order valence-corrected chi connectivity index (χ4v) is 4.69. The summed E-state index contributed by atoms with van der Waals surface area (Å²) in [5.41, 5.74) is 3.08. The van der Waals surface area contributed by atoms with Gasteiger partial charge in [-0.25, -0.2) is 0 Å². The van der Waals surface area contributed by atoms with Crippen LogP contribution in [0.25, 0.3) is 0 Å². The van der Waals surface area contributed by atoms with E-state index in [-0.39, 0.29) is 29.7 Å². The lowest BCUT2D eigenvalue weighted by Gasteiger charge is -2.42. The maximum atomic E-state index is 12.9. The number of nitrogens with zero attached hydrogens (tertiary/aromatic N) is 4. The Labute approximate surface area is 157 Å². The Balaban J connectivity index is 1.54. The molecule has 4 rings (SSSR count). The molecule has 1 amide bonds. The Morgan fingerprint density at radius 3 is 2.67 bits per heavy atom. The monoisotopic (exact) mass is 368 g/mol. The highest BCUT2D eigenvalue weighted by Gasteiger charge is 2.36. The normalized spacial score (nSPS) is 21.1. The van der Waals surface area contributed by atoms with Crippen LogP contribution in [0.3, 0.4) is 0 Å². The molecule has 7 nitrogen and oxygen atoms in total. The van der Waals surface area contributed by atoms with Crippen molar-refractivity contribution < 1.29 is 9.59 Å². The van der Waals surface area contributed by atoms with Crippen LogP contribution >= 0.6 is 0 Å². The predicted molar refractivity (Wildman–Crippen MR) is 99.8 cm³/mol. The lowest BCUT2D eigenvalue weighted by atomic mass is 9.83. The van der Waals surface area contributed by atoms with Gasteiger partial charge >= 0.3 is 0 Å². The quantitative estimate of drug-likeness (QED) is 0.770. The lowest BCUT2D eigenvalue weighted by Crippen LogP contribution is -2.49. The molecular formula is C20H24N4O3. The molecule has 2 aliphatic heterocycles. The minimum absolute atomic E-state index is 0.0112. The number of rotatable bonds is 3. The zero-order valence-corrected chi connectivity index (χ0v) is 15.9. The van der Waals surface area contributed by atoms with Gasteiger partial charge in [0.05, 0.1) is 11.3 Å². The second-order valence-electron chi connectivity index (χ2n) is 7.76. The molecule has 2 atom stereocenters. The predicted octanol–water partition coefficient (Wildman–Crippen LogP) is 1.51. The molecule has 1 fully saturated rings. The van der Waals surface area contributed by atoms with Crippen molar-refractivity contribution in [1.29, 1.82) is 0 Å². The highest BCUT2D eigenvalue weighted by atomic mass is 16.2. The van der Waals surface area contributed by atoms with E-state index in [1.54, 1.807) is 23.7 Å². The van der Waals surface area contributed by atoms with Gasteiger partial charge in [-0.3, -0.25) is 19.1 Å². The number of carbonyl (C=O) groups excluding carboxylic acids is 2. The molecule has 2 aliphatic rings. The summed E-state index contributed by atoms with van der Waals surface area (Å²) in [7, 11) is 0. The van der Waals surface area contributed by atoms with Crippen molar-refractivity contribution in [3.05, 3.63) is 51.2 Å². The number of pyridine rings is 1. The van der Waals surface area contributed by atoms with Crippen LogP contribution in [0, 0.1) is 19.8 Å². The molecule has 7 heteroatoms. The second-order valence-corrected chi connectivity index (χ2v) is 7.76. The number of amides is 1. The van der Waals surface area contributed by atoms with E-state index in [0.717, 1.165) is 17.8 Å². The molecule has 1 saturated heterocycles. The average Bonchev–Trinajstić information content (AvgIpc) is 2.89. The molecule has 2 bridgehead atoms. The van der Waals surface area contributed by atoms with Crippen LogP contribution in [0.4, 0.5) is 0 Å². The SMILES string of the molecule is CC(=O)c1c(C)nn(CC(=O)N2CC3CC(C2)c2cccc(=O)n2C3)c1C.